The van der Waals surface area contributed by atoms with E-state index >= 15 is 0 Å². The lowest BCUT2D eigenvalue weighted by Crippen LogP contribution is -2.08. The van der Waals surface area contributed by atoms with Gasteiger partial charge in [-0.25, -0.2) is 4.79 Å². The predicted octanol–water partition coefficient (Wildman–Crippen LogP) is 1.66. The molecule has 0 fully saturated rings. The summed E-state index contributed by atoms with van der Waals surface area (Å²) in [4.78, 5) is 10.4. The van der Waals surface area contributed by atoms with Crippen molar-refractivity contribution in [2.45, 2.75) is 0 Å². The van der Waals surface area contributed by atoms with Crippen LogP contribution in [0.25, 0.3) is 0 Å². The molecule has 1 rings (SSSR count). The standard InChI is InChI=1S/C9H8N2O3/c1-14-7-3-2-6(5-10)8(4-7)11-9(12)13/h2-4,11H,1H3,(H,12,13). The fraction of sp³-hybridized carbons (Fsp3) is 0.111. The number of hydrogen-bond acceptors (Lipinski definition) is 3. The van der Waals surface area contributed by atoms with Crippen LogP contribution in [-0.2, 0) is 0 Å². The minimum atomic E-state index is -1.21. The highest BCUT2D eigenvalue weighted by atomic mass is 16.5. The van der Waals surface area contributed by atoms with Gasteiger partial charge >= 0.3 is 6.09 Å². The molecule has 0 aliphatic rings. The van der Waals surface area contributed by atoms with Gasteiger partial charge in [0.05, 0.1) is 18.4 Å². The third-order valence-corrected chi connectivity index (χ3v) is 1.59. The van der Waals surface area contributed by atoms with Crippen molar-refractivity contribution in [3.05, 3.63) is 23.8 Å². The third kappa shape index (κ3) is 2.14. The number of methoxy groups -OCH3 is 1. The Hall–Kier alpha value is -2.22. The highest BCUT2D eigenvalue weighted by molar-refractivity contribution is 5.85. The first kappa shape index (κ1) is 9.86. The first-order valence-corrected chi connectivity index (χ1v) is 3.75. The van der Waals surface area contributed by atoms with Gasteiger partial charge < -0.3 is 9.84 Å². The molecule has 5 nitrogen and oxygen atoms in total. The predicted molar refractivity (Wildman–Crippen MR) is 49.4 cm³/mol. The fourth-order valence-corrected chi connectivity index (χ4v) is 0.966. The number of nitrogens with one attached hydrogen (secondary N) is 1. The van der Waals surface area contributed by atoms with Crippen LogP contribution in [0.1, 0.15) is 5.56 Å². The molecule has 14 heavy (non-hydrogen) atoms. The second-order valence-electron chi connectivity index (χ2n) is 2.45. The Morgan fingerprint density at radius 1 is 1.64 bits per heavy atom. The molecule has 0 spiro atoms. The molecule has 72 valence electrons. The zero-order chi connectivity index (χ0) is 10.6. The highest BCUT2D eigenvalue weighted by Gasteiger charge is 2.06. The van der Waals surface area contributed by atoms with Crippen molar-refractivity contribution in [2.24, 2.45) is 0 Å². The van der Waals surface area contributed by atoms with E-state index < -0.39 is 6.09 Å². The summed E-state index contributed by atoms with van der Waals surface area (Å²) in [5, 5.41) is 19.3. The van der Waals surface area contributed by atoms with Crippen LogP contribution >= 0.6 is 0 Å². The van der Waals surface area contributed by atoms with Gasteiger partial charge in [-0.1, -0.05) is 0 Å². The number of anilines is 1. The van der Waals surface area contributed by atoms with Crippen molar-refractivity contribution in [3.8, 4) is 11.8 Å². The Morgan fingerprint density at radius 3 is 2.86 bits per heavy atom. The molecule has 1 aromatic carbocycles. The zero-order valence-electron chi connectivity index (χ0n) is 7.44. The smallest absolute Gasteiger partial charge is 0.409 e. The van der Waals surface area contributed by atoms with Crippen LogP contribution in [0.4, 0.5) is 10.5 Å². The van der Waals surface area contributed by atoms with Crippen molar-refractivity contribution in [2.75, 3.05) is 12.4 Å². The summed E-state index contributed by atoms with van der Waals surface area (Å²) in [6, 6.07) is 6.40. The van der Waals surface area contributed by atoms with Crippen LogP contribution in [0, 0.1) is 11.3 Å². The number of amides is 1. The maximum Gasteiger partial charge on any atom is 0.409 e. The normalized spacial score (nSPS) is 8.86. The van der Waals surface area contributed by atoms with Gasteiger partial charge in [-0.05, 0) is 12.1 Å². The van der Waals surface area contributed by atoms with E-state index in [9.17, 15) is 4.79 Å². The summed E-state index contributed by atoms with van der Waals surface area (Å²) in [7, 11) is 1.46. The van der Waals surface area contributed by atoms with Crippen molar-refractivity contribution >= 4 is 11.8 Å². The van der Waals surface area contributed by atoms with Gasteiger partial charge in [0.15, 0.2) is 0 Å². The molecular formula is C9H8N2O3. The monoisotopic (exact) mass is 192 g/mol. The molecule has 1 amide bonds. The number of carbonyl (C=O) groups is 1. The number of benzene rings is 1. The summed E-state index contributed by atoms with van der Waals surface area (Å²) < 4.78 is 4.89. The molecule has 0 radical (unpaired) electrons. The van der Waals surface area contributed by atoms with Gasteiger partial charge in [0.25, 0.3) is 0 Å². The Labute approximate surface area is 80.5 Å². The molecule has 0 unspecified atom stereocenters. The van der Waals surface area contributed by atoms with Gasteiger partial charge in [0, 0.05) is 6.07 Å². The second kappa shape index (κ2) is 4.14. The Kier molecular flexibility index (Phi) is 2.92. The van der Waals surface area contributed by atoms with Crippen molar-refractivity contribution in [1.82, 2.24) is 0 Å². The molecule has 0 saturated carbocycles. The maximum atomic E-state index is 10.4. The van der Waals surface area contributed by atoms with Crippen molar-refractivity contribution in [3.63, 3.8) is 0 Å². The second-order valence-corrected chi connectivity index (χ2v) is 2.45. The van der Waals surface area contributed by atoms with E-state index in [-0.39, 0.29) is 11.3 Å². The van der Waals surface area contributed by atoms with E-state index in [2.05, 4.69) is 5.32 Å². The molecular weight excluding hydrogens is 184 g/mol. The lowest BCUT2D eigenvalue weighted by molar-refractivity contribution is 0.209. The minimum absolute atomic E-state index is 0.222. The largest absolute Gasteiger partial charge is 0.497 e. The van der Waals surface area contributed by atoms with Gasteiger partial charge in [0.2, 0.25) is 0 Å². The molecule has 0 heterocycles. The Morgan fingerprint density at radius 2 is 2.36 bits per heavy atom. The number of carboxylic acid groups (broad SMARTS) is 1. The molecule has 0 bridgehead atoms. The minimum Gasteiger partial charge on any atom is -0.497 e. The summed E-state index contributed by atoms with van der Waals surface area (Å²) in [6.07, 6.45) is -1.21. The van der Waals surface area contributed by atoms with Gasteiger partial charge in [-0.2, -0.15) is 5.26 Å². The van der Waals surface area contributed by atoms with E-state index in [1.807, 2.05) is 6.07 Å². The topological polar surface area (TPSA) is 82.3 Å². The van der Waals surface area contributed by atoms with Gasteiger partial charge in [-0.15, -0.1) is 0 Å². The number of nitriles is 1. The first-order valence-electron chi connectivity index (χ1n) is 3.75. The van der Waals surface area contributed by atoms with Crippen molar-refractivity contribution in [1.29, 1.82) is 5.26 Å². The molecule has 0 aliphatic heterocycles. The Bertz CT molecular complexity index is 396. The number of hydrogen-bond donors (Lipinski definition) is 2. The van der Waals surface area contributed by atoms with Crippen molar-refractivity contribution < 1.29 is 14.6 Å². The van der Waals surface area contributed by atoms with Crippen LogP contribution < -0.4 is 10.1 Å². The maximum absolute atomic E-state index is 10.4. The van der Waals surface area contributed by atoms with E-state index in [1.54, 1.807) is 6.07 Å². The summed E-state index contributed by atoms with van der Waals surface area (Å²) >= 11 is 0. The Balaban J connectivity index is 3.09. The van der Waals surface area contributed by atoms with E-state index in [4.69, 9.17) is 15.1 Å². The highest BCUT2D eigenvalue weighted by Crippen LogP contribution is 2.21. The lowest BCUT2D eigenvalue weighted by atomic mass is 10.2. The molecule has 0 aromatic heterocycles. The molecule has 0 saturated heterocycles. The molecule has 1 aromatic rings. The average molecular weight is 192 g/mol. The van der Waals surface area contributed by atoms with E-state index in [1.165, 1.54) is 19.2 Å². The van der Waals surface area contributed by atoms with Crippen LogP contribution in [0.15, 0.2) is 18.2 Å². The molecule has 2 N–H and O–H groups in total. The number of rotatable bonds is 2. The van der Waals surface area contributed by atoms with Crippen LogP contribution in [0.5, 0.6) is 5.75 Å². The SMILES string of the molecule is COc1ccc(C#N)c(NC(=O)O)c1. The van der Waals surface area contributed by atoms with E-state index in [0.717, 1.165) is 0 Å². The van der Waals surface area contributed by atoms with Gasteiger partial charge in [0.1, 0.15) is 11.8 Å². The van der Waals surface area contributed by atoms with Gasteiger partial charge in [-0.3, -0.25) is 5.32 Å². The summed E-state index contributed by atoms with van der Waals surface area (Å²) in [5.41, 5.74) is 0.479. The zero-order valence-corrected chi connectivity index (χ0v) is 7.44. The van der Waals surface area contributed by atoms with Crippen LogP contribution in [0.3, 0.4) is 0 Å². The lowest BCUT2D eigenvalue weighted by Gasteiger charge is -2.05. The summed E-state index contributed by atoms with van der Waals surface area (Å²) in [6.45, 7) is 0. The molecule has 0 atom stereocenters. The number of nitrogens with zero attached hydrogens (tertiary/aromatic N) is 1. The molecule has 5 heteroatoms. The fourth-order valence-electron chi connectivity index (χ4n) is 0.966. The quantitative estimate of drug-likeness (QED) is 0.746. The average Bonchev–Trinajstić information content (AvgIpc) is 2.16. The first-order chi connectivity index (χ1) is 6.67. The van der Waals surface area contributed by atoms with E-state index in [0.29, 0.717) is 5.75 Å². The number of ether oxygens (including phenoxy) is 1. The third-order valence-electron chi connectivity index (χ3n) is 1.59. The van der Waals surface area contributed by atoms with Crippen LogP contribution in [-0.4, -0.2) is 18.3 Å². The van der Waals surface area contributed by atoms with Crippen LogP contribution in [0.2, 0.25) is 0 Å². The summed E-state index contributed by atoms with van der Waals surface area (Å²) in [5.74, 6) is 0.493. The molecule has 0 aliphatic carbocycles.